The quantitative estimate of drug-likeness (QED) is 0.277. The number of allylic oxidation sites excluding steroid dienone is 1. The number of hydrogen-bond acceptors (Lipinski definition) is 6. The van der Waals surface area contributed by atoms with Crippen LogP contribution in [0.1, 0.15) is 11.1 Å². The molecule has 0 aliphatic carbocycles. The maximum absolute atomic E-state index is 12.6. The smallest absolute Gasteiger partial charge is 0.339 e. The van der Waals surface area contributed by atoms with Crippen LogP contribution < -0.4 is 13.7 Å². The standard InChI is InChI=1S/C23H18ClNO5S/c1-28-22-10-8-16(14-23(22)29-2)18(15-25)12-17-13-19(24)9-11-21(17)30-31(26,27)20-6-4-3-5-7-20/h3-14H,1-2H3/b18-12+. The van der Waals surface area contributed by atoms with E-state index in [1.807, 2.05) is 0 Å². The maximum atomic E-state index is 12.6. The third kappa shape index (κ3) is 5.18. The Morgan fingerprint density at radius 1 is 0.935 bits per heavy atom. The van der Waals surface area contributed by atoms with Gasteiger partial charge in [-0.1, -0.05) is 29.8 Å². The molecular formula is C23H18ClNO5S. The zero-order chi connectivity index (χ0) is 22.4. The average Bonchev–Trinajstić information content (AvgIpc) is 2.79. The Balaban J connectivity index is 2.05. The first kappa shape index (κ1) is 22.2. The summed E-state index contributed by atoms with van der Waals surface area (Å²) in [5.41, 5.74) is 1.14. The topological polar surface area (TPSA) is 85.6 Å². The summed E-state index contributed by atoms with van der Waals surface area (Å²) in [5, 5.41) is 10.1. The van der Waals surface area contributed by atoms with Crippen LogP contribution in [0.3, 0.4) is 0 Å². The van der Waals surface area contributed by atoms with E-state index in [1.54, 1.807) is 36.4 Å². The van der Waals surface area contributed by atoms with Crippen LogP contribution in [-0.4, -0.2) is 22.6 Å². The van der Waals surface area contributed by atoms with Gasteiger partial charge in [-0.15, -0.1) is 0 Å². The van der Waals surface area contributed by atoms with Gasteiger partial charge in [-0.3, -0.25) is 0 Å². The van der Waals surface area contributed by atoms with E-state index in [4.69, 9.17) is 25.3 Å². The lowest BCUT2D eigenvalue weighted by Crippen LogP contribution is -2.10. The lowest BCUT2D eigenvalue weighted by atomic mass is 10.0. The molecule has 0 aliphatic heterocycles. The van der Waals surface area contributed by atoms with E-state index < -0.39 is 10.1 Å². The van der Waals surface area contributed by atoms with Crippen molar-refractivity contribution < 1.29 is 22.1 Å². The molecule has 0 saturated heterocycles. The molecule has 0 aliphatic rings. The van der Waals surface area contributed by atoms with Crippen LogP contribution in [0.2, 0.25) is 5.02 Å². The molecule has 6 nitrogen and oxygen atoms in total. The van der Waals surface area contributed by atoms with E-state index in [-0.39, 0.29) is 16.2 Å². The van der Waals surface area contributed by atoms with Gasteiger partial charge in [0.05, 0.1) is 25.9 Å². The Kier molecular flexibility index (Phi) is 6.85. The molecule has 8 heteroatoms. The second kappa shape index (κ2) is 9.56. The van der Waals surface area contributed by atoms with E-state index in [9.17, 15) is 13.7 Å². The number of methoxy groups -OCH3 is 2. The fraction of sp³-hybridized carbons (Fsp3) is 0.0870. The molecule has 31 heavy (non-hydrogen) atoms. The van der Waals surface area contributed by atoms with Gasteiger partial charge in [0.25, 0.3) is 0 Å². The zero-order valence-corrected chi connectivity index (χ0v) is 18.3. The Labute approximate surface area is 186 Å². The van der Waals surface area contributed by atoms with Gasteiger partial charge in [-0.25, -0.2) is 0 Å². The van der Waals surface area contributed by atoms with Crippen molar-refractivity contribution in [1.29, 1.82) is 5.26 Å². The minimum absolute atomic E-state index is 0.0141. The van der Waals surface area contributed by atoms with Crippen LogP contribution in [0.15, 0.2) is 71.6 Å². The van der Waals surface area contributed by atoms with E-state index in [2.05, 4.69) is 6.07 Å². The number of rotatable bonds is 7. The van der Waals surface area contributed by atoms with Gasteiger partial charge >= 0.3 is 10.1 Å². The molecule has 0 radical (unpaired) electrons. The summed E-state index contributed by atoms with van der Waals surface area (Å²) in [4.78, 5) is 0.0141. The molecule has 0 unspecified atom stereocenters. The predicted molar refractivity (Wildman–Crippen MR) is 119 cm³/mol. The molecule has 3 rings (SSSR count). The normalized spacial score (nSPS) is 11.5. The molecule has 158 valence electrons. The summed E-state index contributed by atoms with van der Waals surface area (Å²) >= 11 is 6.11. The van der Waals surface area contributed by atoms with Gasteiger partial charge in [0.15, 0.2) is 11.5 Å². The monoisotopic (exact) mass is 455 g/mol. The third-order valence-electron chi connectivity index (χ3n) is 4.32. The highest BCUT2D eigenvalue weighted by Gasteiger charge is 2.18. The molecule has 3 aromatic rings. The molecule has 3 aromatic carbocycles. The number of benzene rings is 3. The summed E-state index contributed by atoms with van der Waals surface area (Å²) in [7, 11) is -1.06. The Morgan fingerprint density at radius 3 is 2.26 bits per heavy atom. The first-order valence-corrected chi connectivity index (χ1v) is 10.8. The fourth-order valence-corrected chi connectivity index (χ4v) is 3.96. The average molecular weight is 456 g/mol. The Morgan fingerprint density at radius 2 is 1.61 bits per heavy atom. The predicted octanol–water partition coefficient (Wildman–Crippen LogP) is 5.19. The molecular weight excluding hydrogens is 438 g/mol. The van der Waals surface area contributed by atoms with Crippen molar-refractivity contribution in [2.75, 3.05) is 14.2 Å². The van der Waals surface area contributed by atoms with Crippen LogP contribution in [-0.2, 0) is 10.1 Å². The number of hydrogen-bond donors (Lipinski definition) is 0. The summed E-state index contributed by atoms with van der Waals surface area (Å²) in [6, 6.07) is 19.4. The van der Waals surface area contributed by atoms with Gasteiger partial charge in [-0.05, 0) is 60.2 Å². The van der Waals surface area contributed by atoms with Gasteiger partial charge in [0.2, 0.25) is 0 Å². The fourth-order valence-electron chi connectivity index (χ4n) is 2.80. The highest BCUT2D eigenvalue weighted by Crippen LogP contribution is 2.33. The van der Waals surface area contributed by atoms with Crippen LogP contribution >= 0.6 is 11.6 Å². The molecule has 0 heterocycles. The van der Waals surface area contributed by atoms with E-state index in [1.165, 1.54) is 50.6 Å². The van der Waals surface area contributed by atoms with Crippen LogP contribution in [0.25, 0.3) is 11.6 Å². The Hall–Kier alpha value is -3.47. The van der Waals surface area contributed by atoms with Gasteiger partial charge in [0, 0.05) is 10.6 Å². The molecule has 0 aromatic heterocycles. The maximum Gasteiger partial charge on any atom is 0.339 e. The number of ether oxygens (including phenoxy) is 2. The van der Waals surface area contributed by atoms with Gasteiger partial charge in [0.1, 0.15) is 10.6 Å². The van der Waals surface area contributed by atoms with Crippen LogP contribution in [0, 0.1) is 11.3 Å². The summed E-state index contributed by atoms with van der Waals surface area (Å²) in [6.07, 6.45) is 1.50. The Bertz CT molecular complexity index is 1260. The first-order chi connectivity index (χ1) is 14.9. The first-order valence-electron chi connectivity index (χ1n) is 9.01. The SMILES string of the molecule is COc1ccc(/C(C#N)=C/c2cc(Cl)ccc2OS(=O)(=O)c2ccccc2)cc1OC. The zero-order valence-electron chi connectivity index (χ0n) is 16.7. The molecule has 0 N–H and O–H groups in total. The lowest BCUT2D eigenvalue weighted by molar-refractivity contribution is 0.355. The van der Waals surface area contributed by atoms with Crippen molar-refractivity contribution in [3.63, 3.8) is 0 Å². The number of nitrogens with zero attached hydrogens (tertiary/aromatic N) is 1. The van der Waals surface area contributed by atoms with Crippen molar-refractivity contribution in [2.24, 2.45) is 0 Å². The van der Waals surface area contributed by atoms with E-state index in [0.29, 0.717) is 27.6 Å². The van der Waals surface area contributed by atoms with Crippen LogP contribution in [0.5, 0.6) is 17.2 Å². The van der Waals surface area contributed by atoms with Crippen molar-refractivity contribution in [1.82, 2.24) is 0 Å². The summed E-state index contributed by atoms with van der Waals surface area (Å²) < 4.78 is 41.2. The van der Waals surface area contributed by atoms with Crippen LogP contribution in [0.4, 0.5) is 0 Å². The minimum atomic E-state index is -4.07. The van der Waals surface area contributed by atoms with Crippen molar-refractivity contribution in [2.45, 2.75) is 4.90 Å². The van der Waals surface area contributed by atoms with E-state index >= 15 is 0 Å². The largest absolute Gasteiger partial charge is 0.493 e. The molecule has 0 fully saturated rings. The molecule has 0 atom stereocenters. The third-order valence-corrected chi connectivity index (χ3v) is 5.80. The molecule has 0 bridgehead atoms. The lowest BCUT2D eigenvalue weighted by Gasteiger charge is -2.11. The summed E-state index contributed by atoms with van der Waals surface area (Å²) in [6.45, 7) is 0. The number of nitriles is 1. The van der Waals surface area contributed by atoms with Crippen molar-refractivity contribution in [3.8, 4) is 23.3 Å². The second-order valence-corrected chi connectivity index (χ2v) is 8.25. The van der Waals surface area contributed by atoms with Crippen molar-refractivity contribution >= 4 is 33.4 Å². The number of halogens is 1. The highest BCUT2D eigenvalue weighted by atomic mass is 35.5. The van der Waals surface area contributed by atoms with Gasteiger partial charge < -0.3 is 13.7 Å². The van der Waals surface area contributed by atoms with Gasteiger partial charge in [-0.2, -0.15) is 13.7 Å². The summed E-state index contributed by atoms with van der Waals surface area (Å²) in [5.74, 6) is 1.01. The molecule has 0 amide bonds. The molecule has 0 saturated carbocycles. The second-order valence-electron chi connectivity index (χ2n) is 6.27. The van der Waals surface area contributed by atoms with E-state index in [0.717, 1.165) is 0 Å². The minimum Gasteiger partial charge on any atom is -0.493 e. The highest BCUT2D eigenvalue weighted by molar-refractivity contribution is 7.87. The van der Waals surface area contributed by atoms with Crippen molar-refractivity contribution in [3.05, 3.63) is 82.9 Å². The molecule has 0 spiro atoms.